The Morgan fingerprint density at radius 3 is 3.07 bits per heavy atom. The standard InChI is InChI=1S/C10H7N3S/c1-2-9-10(14-6-11-9)3-7(1)8-4-12-13-5-8/h1-6H,(H,12,13). The van der Waals surface area contributed by atoms with Crippen LogP contribution in [-0.2, 0) is 0 Å². The molecule has 4 heteroatoms. The van der Waals surface area contributed by atoms with E-state index in [1.54, 1.807) is 11.3 Å². The summed E-state index contributed by atoms with van der Waals surface area (Å²) in [7, 11) is 0. The van der Waals surface area contributed by atoms with Crippen LogP contribution in [0, 0.1) is 0 Å². The van der Waals surface area contributed by atoms with Gasteiger partial charge < -0.3 is 0 Å². The van der Waals surface area contributed by atoms with Gasteiger partial charge in [0.1, 0.15) is 0 Å². The van der Waals surface area contributed by atoms with Crippen LogP contribution in [0.15, 0.2) is 36.1 Å². The highest BCUT2D eigenvalue weighted by Gasteiger charge is 2.01. The molecule has 0 unspecified atom stereocenters. The van der Waals surface area contributed by atoms with Crippen LogP contribution in [-0.4, -0.2) is 15.2 Å². The second kappa shape index (κ2) is 2.92. The second-order valence-electron chi connectivity index (χ2n) is 3.02. The third-order valence-electron chi connectivity index (χ3n) is 2.16. The van der Waals surface area contributed by atoms with Crippen molar-refractivity contribution in [1.29, 1.82) is 0 Å². The number of benzene rings is 1. The topological polar surface area (TPSA) is 41.6 Å². The maximum absolute atomic E-state index is 4.24. The largest absolute Gasteiger partial charge is 0.285 e. The zero-order valence-corrected chi connectivity index (χ0v) is 8.08. The molecule has 2 heterocycles. The number of fused-ring (bicyclic) bond motifs is 1. The summed E-state index contributed by atoms with van der Waals surface area (Å²) in [5.74, 6) is 0. The molecule has 1 aromatic carbocycles. The van der Waals surface area contributed by atoms with E-state index >= 15 is 0 Å². The molecule has 0 aliphatic heterocycles. The number of nitrogens with zero attached hydrogens (tertiary/aromatic N) is 2. The Balaban J connectivity index is 2.23. The fraction of sp³-hybridized carbons (Fsp3) is 0. The summed E-state index contributed by atoms with van der Waals surface area (Å²) in [5, 5.41) is 6.74. The minimum absolute atomic E-state index is 1.06. The minimum Gasteiger partial charge on any atom is -0.285 e. The molecule has 2 aromatic heterocycles. The molecule has 0 spiro atoms. The van der Waals surface area contributed by atoms with Crippen LogP contribution >= 0.6 is 11.3 Å². The summed E-state index contributed by atoms with van der Waals surface area (Å²) >= 11 is 1.66. The Morgan fingerprint density at radius 2 is 2.21 bits per heavy atom. The molecule has 0 saturated carbocycles. The zero-order valence-electron chi connectivity index (χ0n) is 7.27. The van der Waals surface area contributed by atoms with Gasteiger partial charge in [-0.2, -0.15) is 5.10 Å². The van der Waals surface area contributed by atoms with Gasteiger partial charge in [-0.3, -0.25) is 5.10 Å². The lowest BCUT2D eigenvalue weighted by atomic mass is 10.1. The molecule has 0 fully saturated rings. The minimum atomic E-state index is 1.06. The first-order valence-electron chi connectivity index (χ1n) is 4.26. The van der Waals surface area contributed by atoms with Crippen molar-refractivity contribution < 1.29 is 0 Å². The molecule has 0 aliphatic rings. The van der Waals surface area contributed by atoms with Crippen molar-refractivity contribution in [2.24, 2.45) is 0 Å². The molecule has 3 rings (SSSR count). The second-order valence-corrected chi connectivity index (χ2v) is 3.91. The summed E-state index contributed by atoms with van der Waals surface area (Å²) in [4.78, 5) is 4.24. The number of aromatic amines is 1. The Morgan fingerprint density at radius 1 is 1.21 bits per heavy atom. The van der Waals surface area contributed by atoms with E-state index in [1.807, 2.05) is 24.0 Å². The molecule has 0 saturated heterocycles. The molecule has 0 amide bonds. The number of thiazole rings is 1. The first kappa shape index (κ1) is 7.70. The Hall–Kier alpha value is -1.68. The Labute approximate surface area is 84.4 Å². The molecule has 3 nitrogen and oxygen atoms in total. The molecule has 0 atom stereocenters. The van der Waals surface area contributed by atoms with Crippen LogP contribution in [0.3, 0.4) is 0 Å². The van der Waals surface area contributed by atoms with Crippen LogP contribution in [0.2, 0.25) is 0 Å². The molecule has 0 bridgehead atoms. The molecule has 0 aliphatic carbocycles. The Kier molecular flexibility index (Phi) is 1.61. The first-order valence-corrected chi connectivity index (χ1v) is 5.14. The number of rotatable bonds is 1. The summed E-state index contributed by atoms with van der Waals surface area (Å²) in [6.45, 7) is 0. The van der Waals surface area contributed by atoms with Crippen molar-refractivity contribution in [3.63, 3.8) is 0 Å². The van der Waals surface area contributed by atoms with E-state index < -0.39 is 0 Å². The third kappa shape index (κ3) is 1.12. The van der Waals surface area contributed by atoms with Crippen molar-refractivity contribution in [2.75, 3.05) is 0 Å². The smallest absolute Gasteiger partial charge is 0.0812 e. The lowest BCUT2D eigenvalue weighted by Crippen LogP contribution is -1.73. The van der Waals surface area contributed by atoms with Crippen molar-refractivity contribution >= 4 is 21.6 Å². The fourth-order valence-corrected chi connectivity index (χ4v) is 2.16. The van der Waals surface area contributed by atoms with Crippen molar-refractivity contribution in [3.05, 3.63) is 36.1 Å². The first-order chi connectivity index (χ1) is 6.93. The maximum atomic E-state index is 4.24. The van der Waals surface area contributed by atoms with E-state index in [1.165, 1.54) is 10.3 Å². The molecule has 1 N–H and O–H groups in total. The van der Waals surface area contributed by atoms with Crippen LogP contribution in [0.1, 0.15) is 0 Å². The molecule has 14 heavy (non-hydrogen) atoms. The van der Waals surface area contributed by atoms with Gasteiger partial charge in [0.15, 0.2) is 0 Å². The average Bonchev–Trinajstić information content (AvgIpc) is 2.88. The summed E-state index contributed by atoms with van der Waals surface area (Å²) in [6.07, 6.45) is 3.71. The molecular weight excluding hydrogens is 194 g/mol. The van der Waals surface area contributed by atoms with E-state index in [9.17, 15) is 0 Å². The number of nitrogens with one attached hydrogen (secondary N) is 1. The summed E-state index contributed by atoms with van der Waals surface area (Å²) in [5.41, 5.74) is 5.21. The van der Waals surface area contributed by atoms with Crippen molar-refractivity contribution in [2.45, 2.75) is 0 Å². The number of aromatic nitrogens is 3. The van der Waals surface area contributed by atoms with E-state index in [4.69, 9.17) is 0 Å². The van der Waals surface area contributed by atoms with Gasteiger partial charge in [0.2, 0.25) is 0 Å². The predicted octanol–water partition coefficient (Wildman–Crippen LogP) is 2.69. The number of H-pyrrole nitrogens is 1. The van der Waals surface area contributed by atoms with Gasteiger partial charge in [-0.15, -0.1) is 11.3 Å². The average molecular weight is 201 g/mol. The lowest BCUT2D eigenvalue weighted by molar-refractivity contribution is 1.09. The normalized spacial score (nSPS) is 10.9. The van der Waals surface area contributed by atoms with Gasteiger partial charge in [0, 0.05) is 11.8 Å². The Bertz CT molecular complexity index is 554. The highest BCUT2D eigenvalue weighted by molar-refractivity contribution is 7.16. The van der Waals surface area contributed by atoms with Crippen molar-refractivity contribution in [1.82, 2.24) is 15.2 Å². The maximum Gasteiger partial charge on any atom is 0.0812 e. The SMILES string of the molecule is c1nc2ccc(-c3cn[nH]c3)cc2s1. The van der Waals surface area contributed by atoms with Gasteiger partial charge in [-0.25, -0.2) is 4.98 Å². The summed E-state index contributed by atoms with van der Waals surface area (Å²) in [6, 6.07) is 6.24. The molecule has 68 valence electrons. The molecule has 0 radical (unpaired) electrons. The van der Waals surface area contributed by atoms with Gasteiger partial charge in [-0.1, -0.05) is 6.07 Å². The van der Waals surface area contributed by atoms with Gasteiger partial charge >= 0.3 is 0 Å². The van der Waals surface area contributed by atoms with E-state index in [2.05, 4.69) is 27.3 Å². The predicted molar refractivity (Wildman–Crippen MR) is 57.2 cm³/mol. The lowest BCUT2D eigenvalue weighted by Gasteiger charge is -1.95. The van der Waals surface area contributed by atoms with Crippen molar-refractivity contribution in [3.8, 4) is 11.1 Å². The van der Waals surface area contributed by atoms with E-state index in [0.717, 1.165) is 11.1 Å². The number of hydrogen-bond acceptors (Lipinski definition) is 3. The van der Waals surface area contributed by atoms with E-state index in [-0.39, 0.29) is 0 Å². The quantitative estimate of drug-likeness (QED) is 0.657. The highest BCUT2D eigenvalue weighted by atomic mass is 32.1. The number of hydrogen-bond donors (Lipinski definition) is 1. The molecular formula is C10H7N3S. The van der Waals surface area contributed by atoms with Gasteiger partial charge in [0.25, 0.3) is 0 Å². The zero-order chi connectivity index (χ0) is 9.38. The van der Waals surface area contributed by atoms with Gasteiger partial charge in [0.05, 0.1) is 21.9 Å². The van der Waals surface area contributed by atoms with E-state index in [0.29, 0.717) is 0 Å². The monoisotopic (exact) mass is 201 g/mol. The van der Waals surface area contributed by atoms with Crippen LogP contribution in [0.5, 0.6) is 0 Å². The molecule has 3 aromatic rings. The fourth-order valence-electron chi connectivity index (χ4n) is 1.44. The van der Waals surface area contributed by atoms with Crippen LogP contribution < -0.4 is 0 Å². The summed E-state index contributed by atoms with van der Waals surface area (Å²) < 4.78 is 1.21. The van der Waals surface area contributed by atoms with Crippen LogP contribution in [0.25, 0.3) is 21.3 Å². The van der Waals surface area contributed by atoms with Crippen LogP contribution in [0.4, 0.5) is 0 Å². The highest BCUT2D eigenvalue weighted by Crippen LogP contribution is 2.25. The van der Waals surface area contributed by atoms with Gasteiger partial charge in [-0.05, 0) is 17.7 Å². The third-order valence-corrected chi connectivity index (χ3v) is 2.95.